The van der Waals surface area contributed by atoms with Crippen LogP contribution in [0.1, 0.15) is 11.1 Å². The van der Waals surface area contributed by atoms with Crippen LogP contribution in [-0.2, 0) is 22.7 Å². The van der Waals surface area contributed by atoms with Gasteiger partial charge in [0.1, 0.15) is 6.54 Å². The highest BCUT2D eigenvalue weighted by molar-refractivity contribution is 5.80. The highest BCUT2D eigenvalue weighted by Crippen LogP contribution is 2.22. The van der Waals surface area contributed by atoms with Gasteiger partial charge >= 0.3 is 0 Å². The molecule has 0 saturated carbocycles. The SMILES string of the molecule is N#CCNC(=O)CNc1ccc2c(c1)COC2. The second-order valence-electron chi connectivity index (χ2n) is 3.76. The number of carbonyl (C=O) groups excluding carboxylic acids is 1. The first-order chi connectivity index (χ1) is 8.29. The number of nitrogens with one attached hydrogen (secondary N) is 2. The van der Waals surface area contributed by atoms with Crippen molar-refractivity contribution >= 4 is 11.6 Å². The molecule has 0 unspecified atom stereocenters. The lowest BCUT2D eigenvalue weighted by atomic mass is 10.1. The number of carbonyl (C=O) groups is 1. The summed E-state index contributed by atoms with van der Waals surface area (Å²) in [6.07, 6.45) is 0. The molecular formula is C12H13N3O2. The molecule has 2 rings (SSSR count). The lowest BCUT2D eigenvalue weighted by Gasteiger charge is -2.07. The van der Waals surface area contributed by atoms with Crippen molar-refractivity contribution in [2.45, 2.75) is 13.2 Å². The summed E-state index contributed by atoms with van der Waals surface area (Å²) in [4.78, 5) is 11.3. The van der Waals surface area contributed by atoms with E-state index in [0.717, 1.165) is 11.3 Å². The third kappa shape index (κ3) is 2.95. The van der Waals surface area contributed by atoms with Crippen LogP contribution in [0.5, 0.6) is 0 Å². The average Bonchev–Trinajstić information content (AvgIpc) is 2.81. The molecule has 0 aromatic heterocycles. The van der Waals surface area contributed by atoms with Gasteiger partial charge < -0.3 is 15.4 Å². The molecule has 1 aromatic rings. The first kappa shape index (κ1) is 11.4. The lowest BCUT2D eigenvalue weighted by molar-refractivity contribution is -0.119. The molecule has 5 heteroatoms. The molecule has 1 aromatic carbocycles. The summed E-state index contributed by atoms with van der Waals surface area (Å²) in [5.74, 6) is -0.191. The molecule has 0 atom stereocenters. The minimum atomic E-state index is -0.191. The number of anilines is 1. The van der Waals surface area contributed by atoms with Crippen molar-refractivity contribution in [1.29, 1.82) is 5.26 Å². The zero-order valence-electron chi connectivity index (χ0n) is 9.32. The Morgan fingerprint density at radius 2 is 2.24 bits per heavy atom. The van der Waals surface area contributed by atoms with Gasteiger partial charge in [0, 0.05) is 5.69 Å². The maximum Gasteiger partial charge on any atom is 0.240 e. The molecule has 1 heterocycles. The minimum absolute atomic E-state index is 0.0402. The van der Waals surface area contributed by atoms with E-state index in [0.29, 0.717) is 13.2 Å². The molecule has 0 spiro atoms. The van der Waals surface area contributed by atoms with Crippen LogP contribution < -0.4 is 10.6 Å². The van der Waals surface area contributed by atoms with E-state index >= 15 is 0 Å². The number of nitrogens with zero attached hydrogens (tertiary/aromatic N) is 1. The molecule has 0 radical (unpaired) electrons. The summed E-state index contributed by atoms with van der Waals surface area (Å²) in [6, 6.07) is 7.76. The van der Waals surface area contributed by atoms with Gasteiger partial charge in [-0.15, -0.1) is 0 Å². The Hall–Kier alpha value is -2.06. The zero-order valence-corrected chi connectivity index (χ0v) is 9.32. The number of amides is 1. The molecule has 0 aliphatic carbocycles. The van der Waals surface area contributed by atoms with Crippen LogP contribution in [0.15, 0.2) is 18.2 Å². The number of hydrogen-bond donors (Lipinski definition) is 2. The van der Waals surface area contributed by atoms with Crippen molar-refractivity contribution in [3.8, 4) is 6.07 Å². The number of hydrogen-bond acceptors (Lipinski definition) is 4. The maximum absolute atomic E-state index is 11.3. The van der Waals surface area contributed by atoms with Gasteiger partial charge in [-0.2, -0.15) is 5.26 Å². The van der Waals surface area contributed by atoms with E-state index in [1.54, 1.807) is 0 Å². The molecule has 1 amide bonds. The Morgan fingerprint density at radius 1 is 1.41 bits per heavy atom. The summed E-state index contributed by atoms with van der Waals surface area (Å²) in [5.41, 5.74) is 3.25. The van der Waals surface area contributed by atoms with Crippen molar-refractivity contribution in [1.82, 2.24) is 5.32 Å². The Kier molecular flexibility index (Phi) is 3.58. The average molecular weight is 231 g/mol. The summed E-state index contributed by atoms with van der Waals surface area (Å²) in [7, 11) is 0. The van der Waals surface area contributed by atoms with Crippen LogP contribution in [0.2, 0.25) is 0 Å². The molecular weight excluding hydrogens is 218 g/mol. The van der Waals surface area contributed by atoms with Crippen molar-refractivity contribution in [2.24, 2.45) is 0 Å². The van der Waals surface area contributed by atoms with Gasteiger partial charge in [-0.3, -0.25) is 4.79 Å². The van der Waals surface area contributed by atoms with Crippen molar-refractivity contribution in [3.63, 3.8) is 0 Å². The molecule has 0 saturated heterocycles. The maximum atomic E-state index is 11.3. The Labute approximate surface area is 99.4 Å². The third-order valence-corrected chi connectivity index (χ3v) is 2.54. The van der Waals surface area contributed by atoms with Crippen LogP contribution in [0.3, 0.4) is 0 Å². The van der Waals surface area contributed by atoms with E-state index < -0.39 is 0 Å². The molecule has 1 aliphatic heterocycles. The van der Waals surface area contributed by atoms with Crippen molar-refractivity contribution in [3.05, 3.63) is 29.3 Å². The minimum Gasteiger partial charge on any atom is -0.376 e. The number of fused-ring (bicyclic) bond motifs is 1. The van der Waals surface area contributed by atoms with Gasteiger partial charge in [0.25, 0.3) is 0 Å². The normalized spacial score (nSPS) is 12.6. The predicted octanol–water partition coefficient (Wildman–Crippen LogP) is 0.768. The van der Waals surface area contributed by atoms with Crippen molar-refractivity contribution < 1.29 is 9.53 Å². The van der Waals surface area contributed by atoms with Gasteiger partial charge in [-0.05, 0) is 23.3 Å². The van der Waals surface area contributed by atoms with E-state index in [-0.39, 0.29) is 19.0 Å². The second-order valence-corrected chi connectivity index (χ2v) is 3.76. The van der Waals surface area contributed by atoms with Gasteiger partial charge in [-0.25, -0.2) is 0 Å². The second kappa shape index (κ2) is 5.32. The molecule has 0 bridgehead atoms. The monoisotopic (exact) mass is 231 g/mol. The summed E-state index contributed by atoms with van der Waals surface area (Å²) in [6.45, 7) is 1.50. The van der Waals surface area contributed by atoms with E-state index in [1.165, 1.54) is 5.56 Å². The molecule has 1 aliphatic rings. The number of ether oxygens (including phenoxy) is 1. The summed E-state index contributed by atoms with van der Waals surface area (Å²) in [5, 5.41) is 13.8. The van der Waals surface area contributed by atoms with Crippen LogP contribution in [0, 0.1) is 11.3 Å². The summed E-state index contributed by atoms with van der Waals surface area (Å²) >= 11 is 0. The third-order valence-electron chi connectivity index (χ3n) is 2.54. The number of rotatable bonds is 4. The van der Waals surface area contributed by atoms with Crippen LogP contribution >= 0.6 is 0 Å². The highest BCUT2D eigenvalue weighted by Gasteiger charge is 2.11. The molecule has 2 N–H and O–H groups in total. The Morgan fingerprint density at radius 3 is 3.06 bits per heavy atom. The van der Waals surface area contributed by atoms with Gasteiger partial charge in [0.2, 0.25) is 5.91 Å². The van der Waals surface area contributed by atoms with E-state index in [1.807, 2.05) is 24.3 Å². The smallest absolute Gasteiger partial charge is 0.240 e. The molecule has 0 fully saturated rings. The number of nitriles is 1. The Bertz CT molecular complexity index is 465. The first-order valence-electron chi connectivity index (χ1n) is 5.36. The fourth-order valence-electron chi connectivity index (χ4n) is 1.66. The summed E-state index contributed by atoms with van der Waals surface area (Å²) < 4.78 is 5.31. The van der Waals surface area contributed by atoms with Crippen molar-refractivity contribution in [2.75, 3.05) is 18.4 Å². The molecule has 5 nitrogen and oxygen atoms in total. The first-order valence-corrected chi connectivity index (χ1v) is 5.36. The largest absolute Gasteiger partial charge is 0.376 e. The van der Waals surface area contributed by atoms with E-state index in [4.69, 9.17) is 10.00 Å². The fourth-order valence-corrected chi connectivity index (χ4v) is 1.66. The van der Waals surface area contributed by atoms with Gasteiger partial charge in [0.15, 0.2) is 0 Å². The highest BCUT2D eigenvalue weighted by atomic mass is 16.5. The predicted molar refractivity (Wildman–Crippen MR) is 62.0 cm³/mol. The van der Waals surface area contributed by atoms with Crippen LogP contribution in [0.25, 0.3) is 0 Å². The van der Waals surface area contributed by atoms with Crippen LogP contribution in [0.4, 0.5) is 5.69 Å². The quantitative estimate of drug-likeness (QED) is 0.750. The molecule has 88 valence electrons. The standard InChI is InChI=1S/C12H13N3O2/c13-3-4-14-12(16)6-15-11-2-1-9-7-17-8-10(9)5-11/h1-2,5,15H,4,6-8H2,(H,14,16). The van der Waals surface area contributed by atoms with E-state index in [9.17, 15) is 4.79 Å². The topological polar surface area (TPSA) is 74.2 Å². The van der Waals surface area contributed by atoms with Crippen LogP contribution in [-0.4, -0.2) is 19.0 Å². The zero-order chi connectivity index (χ0) is 12.1. The van der Waals surface area contributed by atoms with E-state index in [2.05, 4.69) is 10.6 Å². The number of benzene rings is 1. The van der Waals surface area contributed by atoms with Gasteiger partial charge in [0.05, 0.1) is 25.8 Å². The Balaban J connectivity index is 1.87. The lowest BCUT2D eigenvalue weighted by Crippen LogP contribution is -2.29. The van der Waals surface area contributed by atoms with Gasteiger partial charge in [-0.1, -0.05) is 6.07 Å². The molecule has 17 heavy (non-hydrogen) atoms. The fraction of sp³-hybridized carbons (Fsp3) is 0.333.